The summed E-state index contributed by atoms with van der Waals surface area (Å²) in [5.41, 5.74) is 9.35. The summed E-state index contributed by atoms with van der Waals surface area (Å²) in [6.45, 7) is 0. The number of nitrogens with zero attached hydrogens (tertiary/aromatic N) is 1. The molecule has 0 saturated carbocycles. The first-order chi connectivity index (χ1) is 7.79. The van der Waals surface area contributed by atoms with E-state index in [-0.39, 0.29) is 0 Å². The summed E-state index contributed by atoms with van der Waals surface area (Å²) in [6, 6.07) is 5.69. The van der Waals surface area contributed by atoms with Gasteiger partial charge >= 0.3 is 0 Å². The highest BCUT2D eigenvalue weighted by atomic mass is 32.2. The Morgan fingerprint density at radius 1 is 1.50 bits per heavy atom. The molecule has 5 heteroatoms. The molecular formula is C11H12N2OS2. The third-order valence-corrected chi connectivity index (χ3v) is 3.77. The van der Waals surface area contributed by atoms with E-state index in [4.69, 9.17) is 10.5 Å². The van der Waals surface area contributed by atoms with Crippen LogP contribution in [-0.4, -0.2) is 12.1 Å². The molecule has 0 radical (unpaired) electrons. The van der Waals surface area contributed by atoms with Gasteiger partial charge in [0.1, 0.15) is 5.75 Å². The number of methoxy groups -OCH3 is 1. The van der Waals surface area contributed by atoms with Crippen molar-refractivity contribution in [1.82, 2.24) is 4.98 Å². The molecule has 0 aliphatic carbocycles. The van der Waals surface area contributed by atoms with E-state index >= 15 is 0 Å². The molecule has 2 rings (SSSR count). The minimum absolute atomic E-state index is 0.717. The summed E-state index contributed by atoms with van der Waals surface area (Å²) in [6.07, 6.45) is 0. The fraction of sp³-hybridized carbons (Fsp3) is 0.182. The molecule has 0 aliphatic rings. The number of ether oxygens (including phenoxy) is 1. The van der Waals surface area contributed by atoms with E-state index in [0.717, 1.165) is 27.8 Å². The van der Waals surface area contributed by atoms with Crippen molar-refractivity contribution in [3.8, 4) is 5.75 Å². The molecule has 0 saturated heterocycles. The first kappa shape index (κ1) is 11.3. The molecule has 0 unspecified atom stereocenters. The predicted octanol–water partition coefficient (Wildman–Crippen LogP) is 3.03. The summed E-state index contributed by atoms with van der Waals surface area (Å²) in [5.74, 6) is 1.67. The lowest BCUT2D eigenvalue weighted by atomic mass is 10.3. The highest BCUT2D eigenvalue weighted by Crippen LogP contribution is 2.32. The minimum atomic E-state index is 0.717. The van der Waals surface area contributed by atoms with Crippen molar-refractivity contribution in [2.45, 2.75) is 10.6 Å². The maximum atomic E-state index is 5.69. The maximum Gasteiger partial charge on any atom is 0.134 e. The zero-order valence-electron chi connectivity index (χ0n) is 8.84. The smallest absolute Gasteiger partial charge is 0.134 e. The summed E-state index contributed by atoms with van der Waals surface area (Å²) >= 11 is 3.31. The predicted molar refractivity (Wildman–Crippen MR) is 69.1 cm³/mol. The van der Waals surface area contributed by atoms with Crippen LogP contribution in [0, 0.1) is 0 Å². The zero-order valence-corrected chi connectivity index (χ0v) is 10.5. The Kier molecular flexibility index (Phi) is 3.69. The molecule has 0 atom stereocenters. The number of anilines is 1. The van der Waals surface area contributed by atoms with Crippen molar-refractivity contribution in [2.24, 2.45) is 0 Å². The summed E-state index contributed by atoms with van der Waals surface area (Å²) in [4.78, 5) is 5.32. The normalized spacial score (nSPS) is 10.3. The van der Waals surface area contributed by atoms with Crippen LogP contribution in [0.5, 0.6) is 5.75 Å². The van der Waals surface area contributed by atoms with E-state index < -0.39 is 0 Å². The Labute approximate surface area is 103 Å². The highest BCUT2D eigenvalue weighted by Gasteiger charge is 2.05. The fourth-order valence-electron chi connectivity index (χ4n) is 1.26. The van der Waals surface area contributed by atoms with Crippen molar-refractivity contribution in [3.63, 3.8) is 0 Å². The number of thiazole rings is 1. The molecule has 84 valence electrons. The Hall–Kier alpha value is -1.20. The van der Waals surface area contributed by atoms with E-state index in [9.17, 15) is 0 Å². The van der Waals surface area contributed by atoms with Gasteiger partial charge < -0.3 is 10.5 Å². The highest BCUT2D eigenvalue weighted by molar-refractivity contribution is 7.98. The zero-order chi connectivity index (χ0) is 11.4. The maximum absolute atomic E-state index is 5.69. The van der Waals surface area contributed by atoms with Crippen molar-refractivity contribution < 1.29 is 4.74 Å². The van der Waals surface area contributed by atoms with Gasteiger partial charge in [-0.3, -0.25) is 0 Å². The van der Waals surface area contributed by atoms with E-state index in [0.29, 0.717) is 0 Å². The number of thioether (sulfide) groups is 1. The first-order valence-corrected chi connectivity index (χ1v) is 6.66. The quantitative estimate of drug-likeness (QED) is 0.671. The fourth-order valence-corrected chi connectivity index (χ4v) is 2.84. The third-order valence-electron chi connectivity index (χ3n) is 2.05. The monoisotopic (exact) mass is 252 g/mol. The Bertz CT molecular complexity index is 457. The van der Waals surface area contributed by atoms with Crippen molar-refractivity contribution in [3.05, 3.63) is 34.8 Å². The molecule has 2 N–H and O–H groups in total. The number of aromatic nitrogens is 1. The standard InChI is InChI=1S/C11H12N2OS2/c1-14-10-4-8(12)2-3-11(10)16-6-9-5-15-7-13-9/h2-5,7H,6,12H2,1H3. The van der Waals surface area contributed by atoms with Crippen LogP contribution in [0.15, 0.2) is 34.0 Å². The second kappa shape index (κ2) is 5.23. The average Bonchev–Trinajstić information content (AvgIpc) is 2.80. The molecule has 0 spiro atoms. The van der Waals surface area contributed by atoms with Gasteiger partial charge in [0.2, 0.25) is 0 Å². The van der Waals surface area contributed by atoms with Crippen molar-refractivity contribution in [1.29, 1.82) is 0 Å². The number of benzene rings is 1. The Balaban J connectivity index is 2.09. The molecule has 3 nitrogen and oxygen atoms in total. The van der Waals surface area contributed by atoms with Gasteiger partial charge in [-0.15, -0.1) is 23.1 Å². The van der Waals surface area contributed by atoms with Gasteiger partial charge in [-0.25, -0.2) is 4.98 Å². The first-order valence-electron chi connectivity index (χ1n) is 4.73. The lowest BCUT2D eigenvalue weighted by Gasteiger charge is -2.07. The molecule has 0 amide bonds. The summed E-state index contributed by atoms with van der Waals surface area (Å²) < 4.78 is 5.28. The van der Waals surface area contributed by atoms with Gasteiger partial charge in [-0.1, -0.05) is 0 Å². The van der Waals surface area contributed by atoms with Gasteiger partial charge in [0.25, 0.3) is 0 Å². The van der Waals surface area contributed by atoms with Crippen LogP contribution in [0.3, 0.4) is 0 Å². The third kappa shape index (κ3) is 2.68. The van der Waals surface area contributed by atoms with Gasteiger partial charge in [-0.2, -0.15) is 0 Å². The van der Waals surface area contributed by atoms with Crippen LogP contribution >= 0.6 is 23.1 Å². The van der Waals surface area contributed by atoms with E-state index in [1.54, 1.807) is 30.2 Å². The molecule has 1 aromatic carbocycles. The topological polar surface area (TPSA) is 48.1 Å². The Morgan fingerprint density at radius 3 is 3.06 bits per heavy atom. The summed E-state index contributed by atoms with van der Waals surface area (Å²) in [7, 11) is 1.65. The average molecular weight is 252 g/mol. The molecule has 0 aliphatic heterocycles. The largest absolute Gasteiger partial charge is 0.496 e. The minimum Gasteiger partial charge on any atom is -0.496 e. The van der Waals surface area contributed by atoms with Crippen LogP contribution in [0.4, 0.5) is 5.69 Å². The van der Waals surface area contributed by atoms with Crippen LogP contribution < -0.4 is 10.5 Å². The number of rotatable bonds is 4. The lowest BCUT2D eigenvalue weighted by Crippen LogP contribution is -1.90. The molecule has 1 heterocycles. The van der Waals surface area contributed by atoms with Crippen LogP contribution in [0.2, 0.25) is 0 Å². The van der Waals surface area contributed by atoms with Gasteiger partial charge in [0, 0.05) is 27.8 Å². The van der Waals surface area contributed by atoms with E-state index in [1.165, 1.54) is 0 Å². The van der Waals surface area contributed by atoms with Gasteiger partial charge in [0.05, 0.1) is 18.3 Å². The molecule has 1 aromatic heterocycles. The Morgan fingerprint density at radius 2 is 2.38 bits per heavy atom. The summed E-state index contributed by atoms with van der Waals surface area (Å²) in [5, 5.41) is 2.05. The number of nitrogen functional groups attached to an aromatic ring is 1. The van der Waals surface area contributed by atoms with E-state index in [1.807, 2.05) is 23.7 Å². The van der Waals surface area contributed by atoms with Crippen molar-refractivity contribution >= 4 is 28.8 Å². The number of nitrogens with two attached hydrogens (primary N) is 1. The molecule has 16 heavy (non-hydrogen) atoms. The van der Waals surface area contributed by atoms with E-state index in [2.05, 4.69) is 10.4 Å². The molecule has 0 fully saturated rings. The SMILES string of the molecule is COc1cc(N)ccc1SCc1cscn1. The van der Waals surface area contributed by atoms with Crippen LogP contribution in [0.1, 0.15) is 5.69 Å². The van der Waals surface area contributed by atoms with Gasteiger partial charge in [0.15, 0.2) is 0 Å². The second-order valence-electron chi connectivity index (χ2n) is 3.18. The van der Waals surface area contributed by atoms with Crippen LogP contribution in [0.25, 0.3) is 0 Å². The van der Waals surface area contributed by atoms with Crippen LogP contribution in [-0.2, 0) is 5.75 Å². The molecule has 0 bridgehead atoms. The number of hydrogen-bond acceptors (Lipinski definition) is 5. The molecule has 2 aromatic rings. The molecular weight excluding hydrogens is 240 g/mol. The van der Waals surface area contributed by atoms with Gasteiger partial charge in [-0.05, 0) is 12.1 Å². The number of hydrogen-bond donors (Lipinski definition) is 1. The lowest BCUT2D eigenvalue weighted by molar-refractivity contribution is 0.405. The second-order valence-corrected chi connectivity index (χ2v) is 4.91. The van der Waals surface area contributed by atoms with Crippen molar-refractivity contribution in [2.75, 3.05) is 12.8 Å².